The number of fused-ring (bicyclic) bond motifs is 1. The number of nitrogens with zero attached hydrogens (tertiary/aromatic N) is 4. The zero-order chi connectivity index (χ0) is 19.6. The van der Waals surface area contributed by atoms with Gasteiger partial charge in [0.1, 0.15) is 5.70 Å². The van der Waals surface area contributed by atoms with Crippen molar-refractivity contribution in [2.75, 3.05) is 4.90 Å². The predicted molar refractivity (Wildman–Crippen MR) is 114 cm³/mol. The van der Waals surface area contributed by atoms with Gasteiger partial charge in [-0.3, -0.25) is 10.2 Å². The van der Waals surface area contributed by atoms with Crippen LogP contribution in [0.25, 0.3) is 6.08 Å². The molecule has 0 atom stereocenters. The molecule has 0 radical (unpaired) electrons. The topological polar surface area (TPSA) is 60.3 Å². The van der Waals surface area contributed by atoms with Crippen LogP contribution in [0, 0.1) is 0 Å². The molecule has 0 saturated carbocycles. The van der Waals surface area contributed by atoms with Crippen LogP contribution in [-0.2, 0) is 4.79 Å². The molecule has 0 bridgehead atoms. The predicted octanol–water partition coefficient (Wildman–Crippen LogP) is 3.94. The molecule has 1 N–H and O–H groups in total. The lowest BCUT2D eigenvalue weighted by molar-refractivity contribution is -0.123. The number of para-hydroxylation sites is 2. The maximum Gasteiger partial charge on any atom is 0.298 e. The summed E-state index contributed by atoms with van der Waals surface area (Å²) in [6, 6.07) is 29.0. The van der Waals surface area contributed by atoms with Crippen molar-refractivity contribution in [3.05, 3.63) is 102 Å². The van der Waals surface area contributed by atoms with Gasteiger partial charge in [0.05, 0.1) is 11.4 Å². The summed E-state index contributed by atoms with van der Waals surface area (Å²) in [4.78, 5) is 24.1. The Balaban J connectivity index is 1.59. The number of hydrazine groups is 1. The van der Waals surface area contributed by atoms with E-state index >= 15 is 0 Å². The fourth-order valence-electron chi connectivity index (χ4n) is 3.22. The van der Waals surface area contributed by atoms with E-state index in [-0.39, 0.29) is 5.91 Å². The van der Waals surface area contributed by atoms with Gasteiger partial charge >= 0.3 is 0 Å². The molecule has 2 aliphatic rings. The molecular weight excluding hydrogens is 362 g/mol. The standard InChI is InChI=1S/C23H17N5O/c29-21-20(16-17-10-4-1-5-11-17)25-23-27(19-14-8-3-9-15-19)22(26-28(21)23)24-18-12-6-2-7-13-18/h1-16H,(H,24,26)/b20-16+. The molecule has 1 amide bonds. The summed E-state index contributed by atoms with van der Waals surface area (Å²) in [5, 5.41) is 1.43. The number of hydrogen-bond acceptors (Lipinski definition) is 3. The van der Waals surface area contributed by atoms with Gasteiger partial charge in [0, 0.05) is 0 Å². The van der Waals surface area contributed by atoms with E-state index < -0.39 is 0 Å². The highest BCUT2D eigenvalue weighted by Gasteiger charge is 2.43. The summed E-state index contributed by atoms with van der Waals surface area (Å²) in [5.74, 6) is 0.786. The molecule has 0 aliphatic carbocycles. The van der Waals surface area contributed by atoms with Crippen LogP contribution in [0.5, 0.6) is 0 Å². The molecule has 0 unspecified atom stereocenters. The number of carbonyl (C=O) groups excluding carboxylic acids is 1. The Morgan fingerprint density at radius 3 is 2.14 bits per heavy atom. The van der Waals surface area contributed by atoms with Crippen molar-refractivity contribution in [1.82, 2.24) is 10.4 Å². The van der Waals surface area contributed by atoms with Crippen LogP contribution >= 0.6 is 0 Å². The SMILES string of the molecule is O=C1/C(=C\c2ccccc2)N=C2N1NC(=Nc1ccccc1)N2c1ccccc1. The third-order valence-electron chi connectivity index (χ3n) is 4.57. The monoisotopic (exact) mass is 379 g/mol. The first kappa shape index (κ1) is 16.9. The molecule has 6 nitrogen and oxygen atoms in total. The quantitative estimate of drug-likeness (QED) is 0.702. The van der Waals surface area contributed by atoms with Gasteiger partial charge in [-0.25, -0.2) is 14.9 Å². The highest BCUT2D eigenvalue weighted by atomic mass is 16.2. The molecule has 2 aliphatic heterocycles. The van der Waals surface area contributed by atoms with E-state index in [9.17, 15) is 4.79 Å². The molecule has 29 heavy (non-hydrogen) atoms. The average Bonchev–Trinajstić information content (AvgIpc) is 3.26. The maximum atomic E-state index is 13.0. The van der Waals surface area contributed by atoms with E-state index in [0.29, 0.717) is 17.6 Å². The van der Waals surface area contributed by atoms with Crippen molar-refractivity contribution >= 4 is 35.3 Å². The smallest absolute Gasteiger partial charge is 0.265 e. The Morgan fingerprint density at radius 1 is 0.828 bits per heavy atom. The summed E-state index contributed by atoms with van der Waals surface area (Å²) in [5.41, 5.74) is 6.05. The Labute approximate surface area is 168 Å². The summed E-state index contributed by atoms with van der Waals surface area (Å²) in [7, 11) is 0. The molecular formula is C23H17N5O. The van der Waals surface area contributed by atoms with Crippen molar-refractivity contribution < 1.29 is 4.79 Å². The van der Waals surface area contributed by atoms with E-state index in [2.05, 4.69) is 15.4 Å². The Hall–Kier alpha value is -4.19. The Morgan fingerprint density at radius 2 is 1.45 bits per heavy atom. The van der Waals surface area contributed by atoms with Gasteiger partial charge in [-0.15, -0.1) is 0 Å². The van der Waals surface area contributed by atoms with Crippen LogP contribution in [0.1, 0.15) is 5.56 Å². The van der Waals surface area contributed by atoms with Gasteiger partial charge in [0.25, 0.3) is 5.91 Å². The minimum atomic E-state index is -0.219. The number of amides is 1. The van der Waals surface area contributed by atoms with Crippen LogP contribution in [0.15, 0.2) is 107 Å². The van der Waals surface area contributed by atoms with Crippen LogP contribution in [-0.4, -0.2) is 22.8 Å². The van der Waals surface area contributed by atoms with Crippen LogP contribution in [0.4, 0.5) is 11.4 Å². The van der Waals surface area contributed by atoms with Crippen molar-refractivity contribution in [3.63, 3.8) is 0 Å². The number of nitrogens with one attached hydrogen (secondary N) is 1. The van der Waals surface area contributed by atoms with E-state index in [1.54, 1.807) is 6.08 Å². The number of guanidine groups is 2. The molecule has 3 aromatic rings. The number of aliphatic imine (C=N–C) groups is 2. The van der Waals surface area contributed by atoms with Crippen molar-refractivity contribution in [1.29, 1.82) is 0 Å². The molecule has 5 rings (SSSR count). The number of anilines is 1. The van der Waals surface area contributed by atoms with Gasteiger partial charge in [-0.1, -0.05) is 66.7 Å². The van der Waals surface area contributed by atoms with Crippen molar-refractivity contribution in [2.24, 2.45) is 9.98 Å². The van der Waals surface area contributed by atoms with Gasteiger partial charge in [-0.05, 0) is 35.9 Å². The fraction of sp³-hybridized carbons (Fsp3) is 0. The second-order valence-electron chi connectivity index (χ2n) is 6.55. The highest BCUT2D eigenvalue weighted by molar-refractivity contribution is 6.30. The number of benzene rings is 3. The third-order valence-corrected chi connectivity index (χ3v) is 4.57. The lowest BCUT2D eigenvalue weighted by Gasteiger charge is -2.15. The molecule has 0 aromatic heterocycles. The summed E-state index contributed by atoms with van der Waals surface area (Å²) in [6.45, 7) is 0. The van der Waals surface area contributed by atoms with E-state index in [1.165, 1.54) is 5.01 Å². The number of rotatable bonds is 3. The summed E-state index contributed by atoms with van der Waals surface area (Å²) >= 11 is 0. The lowest BCUT2D eigenvalue weighted by atomic mass is 10.2. The van der Waals surface area contributed by atoms with Crippen molar-refractivity contribution in [3.8, 4) is 0 Å². The van der Waals surface area contributed by atoms with Gasteiger partial charge < -0.3 is 0 Å². The summed E-state index contributed by atoms with van der Waals surface area (Å²) < 4.78 is 0. The average molecular weight is 379 g/mol. The normalized spacial score (nSPS) is 18.2. The van der Waals surface area contributed by atoms with E-state index in [4.69, 9.17) is 0 Å². The second-order valence-corrected chi connectivity index (χ2v) is 6.55. The summed E-state index contributed by atoms with van der Waals surface area (Å²) in [6.07, 6.45) is 1.78. The van der Waals surface area contributed by atoms with Gasteiger partial charge in [0.2, 0.25) is 11.9 Å². The number of carbonyl (C=O) groups is 1. The van der Waals surface area contributed by atoms with Crippen molar-refractivity contribution in [2.45, 2.75) is 0 Å². The highest BCUT2D eigenvalue weighted by Crippen LogP contribution is 2.28. The maximum absolute atomic E-state index is 13.0. The zero-order valence-corrected chi connectivity index (χ0v) is 15.4. The molecule has 0 spiro atoms. The zero-order valence-electron chi connectivity index (χ0n) is 15.4. The first-order chi connectivity index (χ1) is 14.3. The molecule has 3 aromatic carbocycles. The fourth-order valence-corrected chi connectivity index (χ4v) is 3.22. The largest absolute Gasteiger partial charge is 0.298 e. The lowest BCUT2D eigenvalue weighted by Crippen LogP contribution is -2.38. The van der Waals surface area contributed by atoms with E-state index in [1.807, 2.05) is 95.9 Å². The van der Waals surface area contributed by atoms with Gasteiger partial charge in [0.15, 0.2) is 0 Å². The molecule has 6 heteroatoms. The molecule has 140 valence electrons. The van der Waals surface area contributed by atoms with Crippen LogP contribution in [0.2, 0.25) is 0 Å². The molecule has 1 saturated heterocycles. The van der Waals surface area contributed by atoms with E-state index in [0.717, 1.165) is 16.9 Å². The molecule has 1 fully saturated rings. The van der Waals surface area contributed by atoms with Crippen LogP contribution < -0.4 is 10.3 Å². The minimum absolute atomic E-state index is 0.219. The number of hydrogen-bond donors (Lipinski definition) is 1. The first-order valence-electron chi connectivity index (χ1n) is 9.25. The van der Waals surface area contributed by atoms with Crippen LogP contribution in [0.3, 0.4) is 0 Å². The minimum Gasteiger partial charge on any atom is -0.265 e. The second kappa shape index (κ2) is 7.09. The Kier molecular flexibility index (Phi) is 4.14. The first-order valence-corrected chi connectivity index (χ1v) is 9.25. The Bertz CT molecular complexity index is 1140. The third kappa shape index (κ3) is 3.17. The van der Waals surface area contributed by atoms with Gasteiger partial charge in [-0.2, -0.15) is 5.01 Å². The molecule has 2 heterocycles.